The zero-order valence-electron chi connectivity index (χ0n) is 23.0. The maximum atomic E-state index is 3.73. The molecule has 1 N–H and O–H groups in total. The van der Waals surface area contributed by atoms with Gasteiger partial charge in [-0.05, 0) is 47.2 Å². The molecule has 9 rings (SSSR count). The molecule has 2 aromatic heterocycles. The van der Waals surface area contributed by atoms with Gasteiger partial charge in [0.2, 0.25) is 0 Å². The number of rotatable bonds is 3. The van der Waals surface area contributed by atoms with Crippen LogP contribution in [0.4, 0.5) is 5.69 Å². The van der Waals surface area contributed by atoms with Crippen LogP contribution in [-0.4, -0.2) is 15.7 Å². The third kappa shape index (κ3) is 3.28. The van der Waals surface area contributed by atoms with Crippen LogP contribution in [0.15, 0.2) is 146 Å². The molecule has 3 nitrogen and oxygen atoms in total. The largest absolute Gasteiger partial charge is 0.379 e. The number of anilines is 1. The molecule has 0 fully saturated rings. The lowest BCUT2D eigenvalue weighted by Gasteiger charge is -2.22. The van der Waals surface area contributed by atoms with Gasteiger partial charge in [0.1, 0.15) is 0 Å². The highest BCUT2D eigenvalue weighted by atomic mass is 15.1. The molecule has 3 heteroatoms. The van der Waals surface area contributed by atoms with Crippen LogP contribution in [0.3, 0.4) is 0 Å². The second-order valence-corrected chi connectivity index (χ2v) is 11.0. The number of nitrogens with one attached hydrogen (secondary N) is 1. The first-order valence-electron chi connectivity index (χ1n) is 14.5. The third-order valence-corrected chi connectivity index (χ3v) is 8.71. The Kier molecular flexibility index (Phi) is 4.96. The summed E-state index contributed by atoms with van der Waals surface area (Å²) in [6, 6.07) is 50.5. The first-order chi connectivity index (χ1) is 20.9. The van der Waals surface area contributed by atoms with Crippen LogP contribution in [0.25, 0.3) is 60.4 Å². The second kappa shape index (κ2) is 8.98. The Morgan fingerprint density at radius 3 is 2.05 bits per heavy atom. The Morgan fingerprint density at radius 1 is 0.500 bits per heavy atom. The lowest BCUT2D eigenvalue weighted by Crippen LogP contribution is -2.12. The predicted molar refractivity (Wildman–Crippen MR) is 177 cm³/mol. The lowest BCUT2D eigenvalue weighted by atomic mass is 9.96. The number of hydrogen-bond donors (Lipinski definition) is 1. The maximum absolute atomic E-state index is 3.73. The number of hydrogen-bond acceptors (Lipinski definition) is 1. The number of fused-ring (bicyclic) bond motifs is 7. The molecular formula is C39H27N3. The maximum Gasteiger partial charge on any atom is 0.0777 e. The van der Waals surface area contributed by atoms with Crippen molar-refractivity contribution in [3.8, 4) is 11.4 Å². The van der Waals surface area contributed by atoms with Gasteiger partial charge in [-0.1, -0.05) is 109 Å². The van der Waals surface area contributed by atoms with Crippen molar-refractivity contribution in [1.29, 1.82) is 0 Å². The summed E-state index contributed by atoms with van der Waals surface area (Å²) in [5, 5.41) is 9.99. The van der Waals surface area contributed by atoms with Crippen molar-refractivity contribution in [3.05, 3.63) is 157 Å². The van der Waals surface area contributed by atoms with Crippen molar-refractivity contribution in [1.82, 2.24) is 9.13 Å². The van der Waals surface area contributed by atoms with Crippen LogP contribution in [-0.2, 0) is 0 Å². The molecule has 8 aromatic rings. The number of benzene rings is 6. The molecule has 42 heavy (non-hydrogen) atoms. The van der Waals surface area contributed by atoms with Crippen LogP contribution in [0.1, 0.15) is 11.3 Å². The second-order valence-electron chi connectivity index (χ2n) is 11.0. The van der Waals surface area contributed by atoms with E-state index in [-0.39, 0.29) is 0 Å². The van der Waals surface area contributed by atoms with E-state index in [1.165, 1.54) is 71.7 Å². The normalized spacial score (nSPS) is 13.0. The monoisotopic (exact) mass is 537 g/mol. The minimum Gasteiger partial charge on any atom is -0.379 e. The molecule has 0 radical (unpaired) electrons. The lowest BCUT2D eigenvalue weighted by molar-refractivity contribution is 1.08. The first kappa shape index (κ1) is 23.2. The van der Waals surface area contributed by atoms with Crippen LogP contribution in [0.5, 0.6) is 0 Å². The van der Waals surface area contributed by atoms with Gasteiger partial charge in [0.15, 0.2) is 0 Å². The van der Waals surface area contributed by atoms with E-state index in [1.807, 2.05) is 0 Å². The molecule has 3 heterocycles. The molecule has 0 unspecified atom stereocenters. The predicted octanol–water partition coefficient (Wildman–Crippen LogP) is 9.74. The van der Waals surface area contributed by atoms with Crippen LogP contribution < -0.4 is 5.32 Å². The van der Waals surface area contributed by atoms with E-state index in [9.17, 15) is 0 Å². The first-order valence-corrected chi connectivity index (χ1v) is 14.5. The highest BCUT2D eigenvalue weighted by Crippen LogP contribution is 2.45. The summed E-state index contributed by atoms with van der Waals surface area (Å²) in [6.45, 7) is 0.776. The molecule has 0 saturated carbocycles. The summed E-state index contributed by atoms with van der Waals surface area (Å²) in [5.41, 5.74) is 10.9. The zero-order chi connectivity index (χ0) is 27.6. The fraction of sp³-hybridized carbons (Fsp3) is 0.0256. The topological polar surface area (TPSA) is 21.9 Å². The van der Waals surface area contributed by atoms with Gasteiger partial charge in [0.25, 0.3) is 0 Å². The summed E-state index contributed by atoms with van der Waals surface area (Å²) in [5.74, 6) is 0. The molecule has 0 bridgehead atoms. The Labute approximate surface area is 243 Å². The fourth-order valence-electron chi connectivity index (χ4n) is 6.93. The van der Waals surface area contributed by atoms with E-state index in [0.717, 1.165) is 12.2 Å². The Hall–Kier alpha value is -5.54. The van der Waals surface area contributed by atoms with E-state index in [0.29, 0.717) is 0 Å². The fourth-order valence-corrected chi connectivity index (χ4v) is 6.93. The van der Waals surface area contributed by atoms with Gasteiger partial charge < -0.3 is 14.5 Å². The van der Waals surface area contributed by atoms with Crippen molar-refractivity contribution in [2.75, 3.05) is 11.9 Å². The van der Waals surface area contributed by atoms with Gasteiger partial charge in [0, 0.05) is 45.2 Å². The van der Waals surface area contributed by atoms with Gasteiger partial charge in [-0.15, -0.1) is 0 Å². The summed E-state index contributed by atoms with van der Waals surface area (Å²) < 4.78 is 4.88. The zero-order valence-corrected chi connectivity index (χ0v) is 23.0. The number of aromatic nitrogens is 2. The average Bonchev–Trinajstić information content (AvgIpc) is 3.58. The molecule has 6 aromatic carbocycles. The van der Waals surface area contributed by atoms with Crippen molar-refractivity contribution >= 4 is 54.7 Å². The van der Waals surface area contributed by atoms with E-state index in [4.69, 9.17) is 0 Å². The third-order valence-electron chi connectivity index (χ3n) is 8.71. The van der Waals surface area contributed by atoms with Crippen molar-refractivity contribution < 1.29 is 0 Å². The van der Waals surface area contributed by atoms with Crippen molar-refractivity contribution in [2.24, 2.45) is 0 Å². The van der Waals surface area contributed by atoms with Gasteiger partial charge in [0.05, 0.1) is 27.9 Å². The standard InChI is InChI=1S/C39H27N3/c1-2-13-28(14-3-1)41-36-20-9-7-16-34(36)37-39(41)33(23-24-40-37)32-18-10-17-31-30-15-6-8-19-35(30)42(38(31)32)29-22-21-26-11-4-5-12-27(26)25-29/h1-23,25,40H,24H2. The molecule has 198 valence electrons. The molecule has 0 spiro atoms. The molecule has 0 atom stereocenters. The molecule has 0 aliphatic carbocycles. The van der Waals surface area contributed by atoms with E-state index in [1.54, 1.807) is 0 Å². The minimum absolute atomic E-state index is 0.776. The number of para-hydroxylation sites is 4. The molecule has 1 aliphatic heterocycles. The van der Waals surface area contributed by atoms with Crippen LogP contribution in [0.2, 0.25) is 0 Å². The molecule has 1 aliphatic rings. The van der Waals surface area contributed by atoms with Crippen LogP contribution >= 0.6 is 0 Å². The highest BCUT2D eigenvalue weighted by molar-refractivity contribution is 6.15. The summed E-state index contributed by atoms with van der Waals surface area (Å²) in [6.07, 6.45) is 2.36. The number of nitrogens with zero attached hydrogens (tertiary/aromatic N) is 2. The van der Waals surface area contributed by atoms with E-state index < -0.39 is 0 Å². The summed E-state index contributed by atoms with van der Waals surface area (Å²) in [7, 11) is 0. The SMILES string of the molecule is C1=C(c2cccc3c4ccccc4n(-c4ccc5ccccc5c4)c23)c2c(c3ccccc3n2-c2ccccc2)NC1. The van der Waals surface area contributed by atoms with Gasteiger partial charge in [-0.3, -0.25) is 0 Å². The van der Waals surface area contributed by atoms with Gasteiger partial charge in [-0.2, -0.15) is 0 Å². The van der Waals surface area contributed by atoms with Gasteiger partial charge >= 0.3 is 0 Å². The van der Waals surface area contributed by atoms with Crippen LogP contribution in [0, 0.1) is 0 Å². The Balaban J connectivity index is 1.39. The molecule has 0 saturated heterocycles. The van der Waals surface area contributed by atoms with Crippen molar-refractivity contribution in [3.63, 3.8) is 0 Å². The minimum atomic E-state index is 0.776. The van der Waals surface area contributed by atoms with E-state index in [2.05, 4.69) is 160 Å². The van der Waals surface area contributed by atoms with Gasteiger partial charge in [-0.25, -0.2) is 0 Å². The summed E-state index contributed by atoms with van der Waals surface area (Å²) >= 11 is 0. The van der Waals surface area contributed by atoms with Crippen molar-refractivity contribution in [2.45, 2.75) is 0 Å². The average molecular weight is 538 g/mol. The summed E-state index contributed by atoms with van der Waals surface area (Å²) in [4.78, 5) is 0. The Bertz CT molecular complexity index is 2350. The highest BCUT2D eigenvalue weighted by Gasteiger charge is 2.27. The molecule has 0 amide bonds. The Morgan fingerprint density at radius 2 is 1.19 bits per heavy atom. The molecular weight excluding hydrogens is 510 g/mol. The quantitative estimate of drug-likeness (QED) is 0.238. The smallest absolute Gasteiger partial charge is 0.0777 e. The van der Waals surface area contributed by atoms with E-state index >= 15 is 0 Å².